The van der Waals surface area contributed by atoms with Gasteiger partial charge in [0.2, 0.25) is 5.94 Å². The smallest absolute Gasteiger partial charge is 0.330 e. The van der Waals surface area contributed by atoms with Gasteiger partial charge in [-0.05, 0) is 12.1 Å². The van der Waals surface area contributed by atoms with Crippen LogP contribution in [0.25, 0.3) is 0 Å². The first-order valence-electron chi connectivity index (χ1n) is 3.19. The molecule has 4 nitrogen and oxygen atoms in total. The van der Waals surface area contributed by atoms with Crippen molar-refractivity contribution in [1.82, 2.24) is 0 Å². The third-order valence-electron chi connectivity index (χ3n) is 1.11. The summed E-state index contributed by atoms with van der Waals surface area (Å²) in [6.45, 7) is 0. The number of para-hydroxylation sites is 1. The normalized spacial score (nSPS) is 11.1. The van der Waals surface area contributed by atoms with Gasteiger partial charge in [-0.25, -0.2) is 0 Å². The third-order valence-corrected chi connectivity index (χ3v) is 1.52. The van der Waals surface area contributed by atoms with Gasteiger partial charge in [-0.2, -0.15) is 8.42 Å². The largest absolute Gasteiger partial charge is 0.475 e. The van der Waals surface area contributed by atoms with E-state index in [1.807, 2.05) is 0 Å². The van der Waals surface area contributed by atoms with Crippen molar-refractivity contribution in [2.45, 2.75) is 0 Å². The van der Waals surface area contributed by atoms with E-state index in [1.165, 1.54) is 0 Å². The molecule has 0 heterocycles. The lowest BCUT2D eigenvalue weighted by atomic mass is 10.3. The van der Waals surface area contributed by atoms with Crippen molar-refractivity contribution >= 4 is 10.1 Å². The Kier molecular flexibility index (Phi) is 2.67. The summed E-state index contributed by atoms with van der Waals surface area (Å²) < 4.78 is 35.0. The summed E-state index contributed by atoms with van der Waals surface area (Å²) in [6, 6.07) is 8.29. The topological polar surface area (TPSA) is 63.3 Å². The van der Waals surface area contributed by atoms with Gasteiger partial charge in [-0.15, -0.1) is 0 Å². The number of hydrogen-bond donors (Lipinski definition) is 0. The highest BCUT2D eigenvalue weighted by molar-refractivity contribution is 7.85. The molecule has 0 aromatic heterocycles. The number of ether oxygens (including phenoxy) is 1. The molecule has 1 radical (unpaired) electrons. The molecule has 0 unspecified atom stereocenters. The van der Waals surface area contributed by atoms with Crippen LogP contribution in [-0.2, 0) is 14.7 Å². The number of benzene rings is 1. The van der Waals surface area contributed by atoms with Crippen LogP contribution in [-0.4, -0.2) is 14.4 Å². The van der Waals surface area contributed by atoms with Crippen molar-refractivity contribution in [1.29, 1.82) is 0 Å². The maximum absolute atomic E-state index is 10.1. The molecule has 0 amide bonds. The highest BCUT2D eigenvalue weighted by Gasteiger charge is 2.06. The van der Waals surface area contributed by atoms with Gasteiger partial charge < -0.3 is 4.74 Å². The fourth-order valence-electron chi connectivity index (χ4n) is 0.657. The van der Waals surface area contributed by atoms with Gasteiger partial charge in [0.15, 0.2) is 0 Å². The van der Waals surface area contributed by atoms with E-state index in [1.54, 1.807) is 30.3 Å². The molecule has 0 aliphatic heterocycles. The molecule has 0 aliphatic rings. The van der Waals surface area contributed by atoms with Crippen molar-refractivity contribution in [2.24, 2.45) is 0 Å². The summed E-state index contributed by atoms with van der Waals surface area (Å²) in [7, 11) is -4.29. The van der Waals surface area contributed by atoms with E-state index in [-0.39, 0.29) is 0 Å². The van der Waals surface area contributed by atoms with Crippen LogP contribution < -0.4 is 4.74 Å². The zero-order chi connectivity index (χ0) is 9.03. The van der Waals surface area contributed by atoms with Crippen molar-refractivity contribution < 1.29 is 17.7 Å². The molecule has 12 heavy (non-hydrogen) atoms. The zero-order valence-electron chi connectivity index (χ0n) is 6.14. The maximum atomic E-state index is 10.1. The molecule has 0 N–H and O–H groups in total. The SMILES string of the molecule is [O]S(=O)(=O)COc1ccccc1. The second kappa shape index (κ2) is 3.55. The van der Waals surface area contributed by atoms with Crippen LogP contribution in [0.4, 0.5) is 0 Å². The average molecular weight is 187 g/mol. The third kappa shape index (κ3) is 3.36. The Morgan fingerprint density at radius 2 is 1.75 bits per heavy atom. The predicted octanol–water partition coefficient (Wildman–Crippen LogP) is 0.783. The van der Waals surface area contributed by atoms with Crippen LogP contribution in [0.2, 0.25) is 0 Å². The number of hydrogen-bond acceptors (Lipinski definition) is 3. The Balaban J connectivity index is 2.56. The molecular formula is C7H7O4S. The van der Waals surface area contributed by atoms with Gasteiger partial charge in [0, 0.05) is 0 Å². The minimum atomic E-state index is -4.29. The molecule has 0 bridgehead atoms. The van der Waals surface area contributed by atoms with E-state index in [2.05, 4.69) is 4.74 Å². The van der Waals surface area contributed by atoms with Crippen LogP contribution in [0.5, 0.6) is 5.75 Å². The summed E-state index contributed by atoms with van der Waals surface area (Å²) in [4.78, 5) is 0. The van der Waals surface area contributed by atoms with Crippen LogP contribution in [0, 0.1) is 0 Å². The first-order valence-corrected chi connectivity index (χ1v) is 4.77. The van der Waals surface area contributed by atoms with Gasteiger partial charge in [0.25, 0.3) is 0 Å². The van der Waals surface area contributed by atoms with E-state index in [9.17, 15) is 13.0 Å². The van der Waals surface area contributed by atoms with E-state index in [0.717, 1.165) is 0 Å². The van der Waals surface area contributed by atoms with E-state index in [0.29, 0.717) is 5.75 Å². The van der Waals surface area contributed by atoms with Gasteiger partial charge in [-0.1, -0.05) is 22.8 Å². The predicted molar refractivity (Wildman–Crippen MR) is 41.5 cm³/mol. The van der Waals surface area contributed by atoms with Gasteiger partial charge in [0.05, 0.1) is 0 Å². The van der Waals surface area contributed by atoms with Crippen LogP contribution in [0.3, 0.4) is 0 Å². The van der Waals surface area contributed by atoms with E-state index in [4.69, 9.17) is 0 Å². The highest BCUT2D eigenvalue weighted by atomic mass is 32.2. The van der Waals surface area contributed by atoms with Gasteiger partial charge in [-0.3, -0.25) is 0 Å². The van der Waals surface area contributed by atoms with E-state index >= 15 is 0 Å². The Morgan fingerprint density at radius 1 is 1.17 bits per heavy atom. The summed E-state index contributed by atoms with van der Waals surface area (Å²) in [5.74, 6) is -0.450. The zero-order valence-corrected chi connectivity index (χ0v) is 6.95. The quantitative estimate of drug-likeness (QED) is 0.702. The molecule has 1 aromatic carbocycles. The van der Waals surface area contributed by atoms with Gasteiger partial charge >= 0.3 is 10.1 Å². The molecule has 0 fully saturated rings. The second-order valence-corrected chi connectivity index (χ2v) is 3.48. The minimum Gasteiger partial charge on any atom is -0.475 e. The fourth-order valence-corrected chi connectivity index (χ4v) is 0.937. The van der Waals surface area contributed by atoms with Crippen molar-refractivity contribution in [2.75, 3.05) is 5.94 Å². The minimum absolute atomic E-state index is 0.372. The van der Waals surface area contributed by atoms with Crippen molar-refractivity contribution in [3.8, 4) is 5.75 Å². The molecule has 1 rings (SSSR count). The fraction of sp³-hybridized carbons (Fsp3) is 0.143. The van der Waals surface area contributed by atoms with Crippen LogP contribution in [0.15, 0.2) is 30.3 Å². The first kappa shape index (κ1) is 9.02. The second-order valence-electron chi connectivity index (χ2n) is 2.13. The Morgan fingerprint density at radius 3 is 2.25 bits per heavy atom. The van der Waals surface area contributed by atoms with Crippen molar-refractivity contribution in [3.63, 3.8) is 0 Å². The van der Waals surface area contributed by atoms with Crippen LogP contribution >= 0.6 is 0 Å². The monoisotopic (exact) mass is 187 g/mol. The molecule has 0 atom stereocenters. The Bertz CT molecular complexity index is 330. The summed E-state index contributed by atoms with van der Waals surface area (Å²) in [6.07, 6.45) is 0. The molecule has 65 valence electrons. The lowest BCUT2D eigenvalue weighted by Gasteiger charge is -2.00. The van der Waals surface area contributed by atoms with Gasteiger partial charge in [0.1, 0.15) is 5.75 Å². The van der Waals surface area contributed by atoms with E-state index < -0.39 is 16.1 Å². The molecule has 0 aliphatic carbocycles. The molecule has 0 saturated carbocycles. The summed E-state index contributed by atoms with van der Waals surface area (Å²) in [5.41, 5.74) is 0. The molecule has 1 aromatic rings. The maximum Gasteiger partial charge on any atom is 0.330 e. The average Bonchev–Trinajstić information content (AvgIpc) is 2.02. The first-order chi connectivity index (χ1) is 5.58. The lowest BCUT2D eigenvalue weighted by Crippen LogP contribution is -2.08. The molecule has 5 heteroatoms. The summed E-state index contributed by atoms with van der Waals surface area (Å²) in [5, 5.41) is 0. The molecular weight excluding hydrogens is 180 g/mol. The summed E-state index contributed by atoms with van der Waals surface area (Å²) >= 11 is 0. The molecule has 0 spiro atoms. The number of rotatable bonds is 3. The highest BCUT2D eigenvalue weighted by Crippen LogP contribution is 2.08. The molecule has 0 saturated heterocycles. The lowest BCUT2D eigenvalue weighted by molar-refractivity contribution is 0.332. The van der Waals surface area contributed by atoms with Crippen LogP contribution in [0.1, 0.15) is 0 Å². The van der Waals surface area contributed by atoms with Crippen molar-refractivity contribution in [3.05, 3.63) is 30.3 Å². The Labute approximate surface area is 70.5 Å². The standard InChI is InChI=1S/C7H7O4S/c8-12(9,10)6-11-7-4-2-1-3-5-7/h1-5H,6H2. The Hall–Kier alpha value is -1.07.